The summed E-state index contributed by atoms with van der Waals surface area (Å²) in [5, 5.41) is 3.14. The Morgan fingerprint density at radius 3 is 2.48 bits per heavy atom. The van der Waals surface area contributed by atoms with E-state index in [1.807, 2.05) is 0 Å². The molecular weight excluding hydrogens is 333 g/mol. The number of amides is 1. The number of Topliss-reactive ketones (excluding diaryl/α,β-unsaturated/α-hetero) is 1. The molecule has 0 aliphatic heterocycles. The molecule has 2 aromatic rings. The van der Waals surface area contributed by atoms with Gasteiger partial charge in [0.05, 0.1) is 5.56 Å². The largest absolute Gasteiger partial charge is 0.454 e. The van der Waals surface area contributed by atoms with Crippen molar-refractivity contribution in [2.24, 2.45) is 0 Å². The molecule has 0 spiro atoms. The van der Waals surface area contributed by atoms with Gasteiger partial charge < -0.3 is 9.88 Å². The van der Waals surface area contributed by atoms with Crippen molar-refractivity contribution in [3.63, 3.8) is 0 Å². The summed E-state index contributed by atoms with van der Waals surface area (Å²) in [6.07, 6.45) is 1.34. The minimum absolute atomic E-state index is 0.109. The number of rotatable bonds is 4. The first-order chi connectivity index (χ1) is 11.9. The molecular formula is C18H19F3N2O2. The maximum Gasteiger partial charge on any atom is 0.454 e. The molecule has 1 aromatic carbocycles. The smallest absolute Gasteiger partial charge is 0.352 e. The molecule has 0 bridgehead atoms. The zero-order valence-corrected chi connectivity index (χ0v) is 13.6. The van der Waals surface area contributed by atoms with Crippen LogP contribution >= 0.6 is 0 Å². The van der Waals surface area contributed by atoms with Gasteiger partial charge in [-0.25, -0.2) is 0 Å². The molecule has 1 aliphatic carbocycles. The normalized spacial score (nSPS) is 16.1. The summed E-state index contributed by atoms with van der Waals surface area (Å²) in [5.41, 5.74) is 0.0162. The van der Waals surface area contributed by atoms with Crippen LogP contribution in [0.5, 0.6) is 0 Å². The molecule has 1 heterocycles. The van der Waals surface area contributed by atoms with E-state index in [0.717, 1.165) is 38.3 Å². The van der Waals surface area contributed by atoms with Gasteiger partial charge in [0.1, 0.15) is 6.54 Å². The predicted octanol–water partition coefficient (Wildman–Crippen LogP) is 3.84. The number of alkyl halides is 3. The fourth-order valence-electron chi connectivity index (χ4n) is 3.39. The van der Waals surface area contributed by atoms with Crippen LogP contribution < -0.4 is 5.32 Å². The van der Waals surface area contributed by atoms with E-state index in [0.29, 0.717) is 5.52 Å². The van der Waals surface area contributed by atoms with Gasteiger partial charge in [0, 0.05) is 23.1 Å². The van der Waals surface area contributed by atoms with Crippen LogP contribution in [0.1, 0.15) is 42.5 Å². The topological polar surface area (TPSA) is 51.1 Å². The van der Waals surface area contributed by atoms with Crippen LogP contribution in [0.25, 0.3) is 10.9 Å². The van der Waals surface area contributed by atoms with Crippen molar-refractivity contribution in [1.82, 2.24) is 9.88 Å². The van der Waals surface area contributed by atoms with Gasteiger partial charge >= 0.3 is 6.18 Å². The quantitative estimate of drug-likeness (QED) is 0.850. The van der Waals surface area contributed by atoms with E-state index < -0.39 is 17.5 Å². The van der Waals surface area contributed by atoms with Gasteiger partial charge in [0.25, 0.3) is 5.78 Å². The monoisotopic (exact) mass is 352 g/mol. The highest BCUT2D eigenvalue weighted by atomic mass is 19.4. The Morgan fingerprint density at radius 1 is 1.12 bits per heavy atom. The van der Waals surface area contributed by atoms with E-state index in [9.17, 15) is 22.8 Å². The first-order valence-corrected chi connectivity index (χ1v) is 8.35. The van der Waals surface area contributed by atoms with Crippen LogP contribution in [0.15, 0.2) is 30.5 Å². The second-order valence-corrected chi connectivity index (χ2v) is 6.42. The lowest BCUT2D eigenvalue weighted by Gasteiger charge is -2.22. The number of ketones is 1. The summed E-state index contributed by atoms with van der Waals surface area (Å²) in [5.74, 6) is -2.14. The molecule has 0 radical (unpaired) electrons. The van der Waals surface area contributed by atoms with Gasteiger partial charge in [0.15, 0.2) is 0 Å². The van der Waals surface area contributed by atoms with E-state index in [1.54, 1.807) is 18.2 Å². The highest BCUT2D eigenvalue weighted by Crippen LogP contribution is 2.28. The molecule has 1 N–H and O–H groups in total. The summed E-state index contributed by atoms with van der Waals surface area (Å²) in [6, 6.07) is 6.43. The molecule has 1 aliphatic rings. The van der Waals surface area contributed by atoms with E-state index in [1.165, 1.54) is 10.6 Å². The maximum absolute atomic E-state index is 12.8. The van der Waals surface area contributed by atoms with Gasteiger partial charge in [-0.1, -0.05) is 37.5 Å². The van der Waals surface area contributed by atoms with Gasteiger partial charge in [-0.3, -0.25) is 9.59 Å². The second kappa shape index (κ2) is 6.90. The molecule has 1 saturated carbocycles. The van der Waals surface area contributed by atoms with Crippen LogP contribution in [0.2, 0.25) is 0 Å². The molecule has 0 unspecified atom stereocenters. The highest BCUT2D eigenvalue weighted by molar-refractivity contribution is 6.10. The van der Waals surface area contributed by atoms with E-state index in [4.69, 9.17) is 0 Å². The minimum atomic E-state index is -4.95. The van der Waals surface area contributed by atoms with Gasteiger partial charge in [0.2, 0.25) is 5.91 Å². The van der Waals surface area contributed by atoms with Crippen LogP contribution in [-0.2, 0) is 11.3 Å². The van der Waals surface area contributed by atoms with Crippen molar-refractivity contribution >= 4 is 22.6 Å². The fourth-order valence-corrected chi connectivity index (χ4v) is 3.39. The third-order valence-corrected chi connectivity index (χ3v) is 4.57. The lowest BCUT2D eigenvalue weighted by molar-refractivity contribution is -0.122. The Kier molecular flexibility index (Phi) is 4.83. The molecule has 1 aromatic heterocycles. The van der Waals surface area contributed by atoms with E-state index in [-0.39, 0.29) is 23.9 Å². The first-order valence-electron chi connectivity index (χ1n) is 8.35. The van der Waals surface area contributed by atoms with Crippen molar-refractivity contribution in [2.45, 2.75) is 50.9 Å². The van der Waals surface area contributed by atoms with Crippen molar-refractivity contribution in [3.05, 3.63) is 36.0 Å². The number of hydrogen-bond acceptors (Lipinski definition) is 2. The Bertz CT molecular complexity index is 789. The predicted molar refractivity (Wildman–Crippen MR) is 87.3 cm³/mol. The van der Waals surface area contributed by atoms with E-state index >= 15 is 0 Å². The van der Waals surface area contributed by atoms with Crippen molar-refractivity contribution in [3.8, 4) is 0 Å². The van der Waals surface area contributed by atoms with Crippen molar-refractivity contribution in [1.29, 1.82) is 0 Å². The number of benzene rings is 1. The number of hydrogen-bond donors (Lipinski definition) is 1. The molecule has 1 fully saturated rings. The van der Waals surface area contributed by atoms with Gasteiger partial charge in [-0.05, 0) is 18.9 Å². The fraction of sp³-hybridized carbons (Fsp3) is 0.444. The minimum Gasteiger partial charge on any atom is -0.352 e. The molecule has 4 nitrogen and oxygen atoms in total. The van der Waals surface area contributed by atoms with Crippen LogP contribution in [0.4, 0.5) is 13.2 Å². The van der Waals surface area contributed by atoms with Crippen LogP contribution in [0.3, 0.4) is 0 Å². The standard InChI is InChI=1S/C18H19F3N2O2/c19-18(20,21)17(25)14-10-23(15-9-5-4-8-13(14)15)11-16(24)22-12-6-2-1-3-7-12/h4-5,8-10,12H,1-3,6-7,11H2,(H,22,24). The lowest BCUT2D eigenvalue weighted by Crippen LogP contribution is -2.38. The van der Waals surface area contributed by atoms with E-state index in [2.05, 4.69) is 5.32 Å². The zero-order valence-electron chi connectivity index (χ0n) is 13.6. The molecule has 134 valence electrons. The number of carbonyl (C=O) groups excluding carboxylic acids is 2. The average Bonchev–Trinajstić information content (AvgIpc) is 2.93. The number of fused-ring (bicyclic) bond motifs is 1. The number of carbonyl (C=O) groups is 2. The zero-order chi connectivity index (χ0) is 18.0. The van der Waals surface area contributed by atoms with Crippen LogP contribution in [-0.4, -0.2) is 28.5 Å². The van der Waals surface area contributed by atoms with Crippen molar-refractivity contribution in [2.75, 3.05) is 0 Å². The van der Waals surface area contributed by atoms with Gasteiger partial charge in [-0.2, -0.15) is 13.2 Å². The molecule has 0 atom stereocenters. The Morgan fingerprint density at radius 2 is 1.80 bits per heavy atom. The number of nitrogens with zero attached hydrogens (tertiary/aromatic N) is 1. The number of aromatic nitrogens is 1. The van der Waals surface area contributed by atoms with Crippen LogP contribution in [0, 0.1) is 0 Å². The third kappa shape index (κ3) is 3.86. The Hall–Kier alpha value is -2.31. The molecule has 1 amide bonds. The lowest BCUT2D eigenvalue weighted by atomic mass is 9.95. The second-order valence-electron chi connectivity index (χ2n) is 6.42. The summed E-state index contributed by atoms with van der Waals surface area (Å²) in [7, 11) is 0. The molecule has 0 saturated heterocycles. The molecule has 3 rings (SSSR count). The number of nitrogens with one attached hydrogen (secondary N) is 1. The third-order valence-electron chi connectivity index (χ3n) is 4.57. The van der Waals surface area contributed by atoms with Crippen molar-refractivity contribution < 1.29 is 22.8 Å². The number of para-hydroxylation sites is 1. The average molecular weight is 352 g/mol. The Labute approximate surface area is 143 Å². The summed E-state index contributed by atoms with van der Waals surface area (Å²) in [6.45, 7) is -0.109. The number of halogens is 3. The Balaban J connectivity index is 1.84. The molecule has 25 heavy (non-hydrogen) atoms. The van der Waals surface area contributed by atoms with Gasteiger partial charge in [-0.15, -0.1) is 0 Å². The maximum atomic E-state index is 12.8. The molecule has 7 heteroatoms. The highest BCUT2D eigenvalue weighted by Gasteiger charge is 2.40. The summed E-state index contributed by atoms with van der Waals surface area (Å²) >= 11 is 0. The SMILES string of the molecule is O=C(Cn1cc(C(=O)C(F)(F)F)c2ccccc21)NC1CCCCC1. The first kappa shape index (κ1) is 17.5. The summed E-state index contributed by atoms with van der Waals surface area (Å²) < 4.78 is 39.8. The summed E-state index contributed by atoms with van der Waals surface area (Å²) in [4.78, 5) is 23.9.